The Hall–Kier alpha value is -0.160. The SMILES string of the molecule is CNC(OC)C(O)CN. The molecule has 0 spiro atoms. The van der Waals surface area contributed by atoms with E-state index in [0.717, 1.165) is 0 Å². The van der Waals surface area contributed by atoms with E-state index in [1.807, 2.05) is 0 Å². The first-order chi connectivity index (χ1) is 4.26. The zero-order valence-corrected chi connectivity index (χ0v) is 5.79. The van der Waals surface area contributed by atoms with Crippen molar-refractivity contribution >= 4 is 0 Å². The lowest BCUT2D eigenvalue weighted by molar-refractivity contribution is -0.0224. The first-order valence-electron chi connectivity index (χ1n) is 2.84. The second-order valence-electron chi connectivity index (χ2n) is 1.75. The molecule has 0 rings (SSSR count). The normalized spacial score (nSPS) is 17.3. The maximum atomic E-state index is 9.01. The molecular formula is C5H14N2O2. The molecule has 4 N–H and O–H groups in total. The number of likely N-dealkylation sites (N-methyl/N-ethyl adjacent to an activating group) is 1. The number of nitrogens with one attached hydrogen (secondary N) is 1. The van der Waals surface area contributed by atoms with E-state index in [1.165, 1.54) is 7.11 Å². The fourth-order valence-corrected chi connectivity index (χ4v) is 0.591. The Labute approximate surface area is 55.0 Å². The highest BCUT2D eigenvalue weighted by molar-refractivity contribution is 4.64. The molecule has 4 heteroatoms. The van der Waals surface area contributed by atoms with Gasteiger partial charge in [0.1, 0.15) is 12.3 Å². The van der Waals surface area contributed by atoms with Crippen LogP contribution in [0.5, 0.6) is 0 Å². The van der Waals surface area contributed by atoms with Crippen LogP contribution in [0.2, 0.25) is 0 Å². The van der Waals surface area contributed by atoms with Crippen LogP contribution < -0.4 is 11.1 Å². The minimum Gasteiger partial charge on any atom is -0.388 e. The van der Waals surface area contributed by atoms with Gasteiger partial charge in [-0.3, -0.25) is 5.32 Å². The first kappa shape index (κ1) is 8.84. The molecular weight excluding hydrogens is 120 g/mol. The van der Waals surface area contributed by atoms with E-state index in [1.54, 1.807) is 7.05 Å². The molecule has 0 radical (unpaired) electrons. The van der Waals surface area contributed by atoms with Gasteiger partial charge in [0.25, 0.3) is 0 Å². The fourth-order valence-electron chi connectivity index (χ4n) is 0.591. The third kappa shape index (κ3) is 2.76. The molecule has 0 bridgehead atoms. The summed E-state index contributed by atoms with van der Waals surface area (Å²) in [6.07, 6.45) is -0.977. The van der Waals surface area contributed by atoms with E-state index in [4.69, 9.17) is 15.6 Å². The molecule has 0 aromatic rings. The highest BCUT2D eigenvalue weighted by Gasteiger charge is 2.13. The average molecular weight is 134 g/mol. The highest BCUT2D eigenvalue weighted by Crippen LogP contribution is 1.89. The molecule has 0 saturated carbocycles. The van der Waals surface area contributed by atoms with Gasteiger partial charge in [-0.05, 0) is 7.05 Å². The van der Waals surface area contributed by atoms with Gasteiger partial charge in [0.15, 0.2) is 0 Å². The number of hydrogen-bond donors (Lipinski definition) is 3. The topological polar surface area (TPSA) is 67.5 Å². The second kappa shape index (κ2) is 4.69. The van der Waals surface area contributed by atoms with Crippen LogP contribution >= 0.6 is 0 Å². The van der Waals surface area contributed by atoms with Crippen molar-refractivity contribution < 1.29 is 9.84 Å². The van der Waals surface area contributed by atoms with Crippen LogP contribution in [-0.4, -0.2) is 38.1 Å². The summed E-state index contributed by atoms with van der Waals surface area (Å²) in [5.74, 6) is 0. The van der Waals surface area contributed by atoms with Crippen LogP contribution in [0.15, 0.2) is 0 Å². The van der Waals surface area contributed by atoms with E-state index < -0.39 is 6.10 Å². The molecule has 56 valence electrons. The minimum atomic E-state index is -0.625. The third-order valence-corrected chi connectivity index (χ3v) is 1.13. The monoisotopic (exact) mass is 134 g/mol. The van der Waals surface area contributed by atoms with E-state index in [0.29, 0.717) is 0 Å². The maximum absolute atomic E-state index is 9.01. The summed E-state index contributed by atoms with van der Waals surface area (Å²) in [6, 6.07) is 0. The predicted octanol–water partition coefficient (Wildman–Crippen LogP) is -1.50. The molecule has 4 nitrogen and oxygen atoms in total. The summed E-state index contributed by atoms with van der Waals surface area (Å²) in [5.41, 5.74) is 5.15. The number of nitrogens with two attached hydrogens (primary N) is 1. The van der Waals surface area contributed by atoms with Crippen molar-refractivity contribution in [1.29, 1.82) is 0 Å². The van der Waals surface area contributed by atoms with Crippen LogP contribution in [-0.2, 0) is 4.74 Å². The van der Waals surface area contributed by atoms with E-state index in [9.17, 15) is 0 Å². The van der Waals surface area contributed by atoms with Gasteiger partial charge >= 0.3 is 0 Å². The van der Waals surface area contributed by atoms with Crippen molar-refractivity contribution in [1.82, 2.24) is 5.32 Å². The quantitative estimate of drug-likeness (QED) is 0.409. The smallest absolute Gasteiger partial charge is 0.134 e. The summed E-state index contributed by atoms with van der Waals surface area (Å²) in [7, 11) is 3.22. The van der Waals surface area contributed by atoms with Gasteiger partial charge in [0, 0.05) is 13.7 Å². The minimum absolute atomic E-state index is 0.208. The number of aliphatic hydroxyl groups is 1. The van der Waals surface area contributed by atoms with Gasteiger partial charge in [-0.2, -0.15) is 0 Å². The number of aliphatic hydroxyl groups excluding tert-OH is 1. The number of ether oxygens (including phenoxy) is 1. The molecule has 2 unspecified atom stereocenters. The largest absolute Gasteiger partial charge is 0.388 e. The van der Waals surface area contributed by atoms with Crippen LogP contribution in [0.1, 0.15) is 0 Å². The van der Waals surface area contributed by atoms with Gasteiger partial charge in [-0.15, -0.1) is 0 Å². The van der Waals surface area contributed by atoms with Gasteiger partial charge in [0.05, 0.1) is 0 Å². The summed E-state index contributed by atoms with van der Waals surface area (Å²) in [5, 5.41) is 11.8. The van der Waals surface area contributed by atoms with Gasteiger partial charge < -0.3 is 15.6 Å². The Bertz CT molecular complexity index is 66.0. The zero-order valence-electron chi connectivity index (χ0n) is 5.79. The molecule has 0 aliphatic rings. The lowest BCUT2D eigenvalue weighted by atomic mass is 10.3. The highest BCUT2D eigenvalue weighted by atomic mass is 16.5. The van der Waals surface area contributed by atoms with Gasteiger partial charge in [-0.1, -0.05) is 0 Å². The Morgan fingerprint density at radius 2 is 2.33 bits per heavy atom. The average Bonchev–Trinajstić information content (AvgIpc) is 1.90. The van der Waals surface area contributed by atoms with Crippen LogP contribution in [0.3, 0.4) is 0 Å². The van der Waals surface area contributed by atoms with Crippen molar-refractivity contribution in [3.63, 3.8) is 0 Å². The third-order valence-electron chi connectivity index (χ3n) is 1.13. The molecule has 2 atom stereocenters. The molecule has 0 aromatic heterocycles. The molecule has 0 amide bonds. The second-order valence-corrected chi connectivity index (χ2v) is 1.75. The lowest BCUT2D eigenvalue weighted by Crippen LogP contribution is -2.43. The molecule has 0 fully saturated rings. The maximum Gasteiger partial charge on any atom is 0.134 e. The zero-order chi connectivity index (χ0) is 7.28. The summed E-state index contributed by atoms with van der Waals surface area (Å²) in [4.78, 5) is 0. The number of methoxy groups -OCH3 is 1. The predicted molar refractivity (Wildman–Crippen MR) is 34.9 cm³/mol. The molecule has 9 heavy (non-hydrogen) atoms. The molecule has 0 heterocycles. The standard InChI is InChI=1S/C5H14N2O2/c1-7-5(9-2)4(8)3-6/h4-5,7-8H,3,6H2,1-2H3. The Balaban J connectivity index is 3.50. The Kier molecular flexibility index (Phi) is 4.61. The summed E-state index contributed by atoms with van der Waals surface area (Å²) in [6.45, 7) is 0.208. The van der Waals surface area contributed by atoms with Crippen molar-refractivity contribution in [2.24, 2.45) is 5.73 Å². The van der Waals surface area contributed by atoms with Crippen LogP contribution in [0, 0.1) is 0 Å². The number of rotatable bonds is 4. The van der Waals surface area contributed by atoms with E-state index in [2.05, 4.69) is 5.32 Å². The van der Waals surface area contributed by atoms with E-state index in [-0.39, 0.29) is 12.8 Å². The van der Waals surface area contributed by atoms with E-state index >= 15 is 0 Å². The van der Waals surface area contributed by atoms with Crippen molar-refractivity contribution in [3.8, 4) is 0 Å². The van der Waals surface area contributed by atoms with Crippen LogP contribution in [0.4, 0.5) is 0 Å². The van der Waals surface area contributed by atoms with Gasteiger partial charge in [-0.25, -0.2) is 0 Å². The number of hydrogen-bond acceptors (Lipinski definition) is 4. The Morgan fingerprint density at radius 1 is 1.78 bits per heavy atom. The first-order valence-corrected chi connectivity index (χ1v) is 2.84. The Morgan fingerprint density at radius 3 is 2.44 bits per heavy atom. The molecule has 0 saturated heterocycles. The molecule has 0 aliphatic carbocycles. The van der Waals surface area contributed by atoms with Crippen LogP contribution in [0.25, 0.3) is 0 Å². The van der Waals surface area contributed by atoms with Gasteiger partial charge in [0.2, 0.25) is 0 Å². The summed E-state index contributed by atoms with van der Waals surface area (Å²) >= 11 is 0. The lowest BCUT2D eigenvalue weighted by Gasteiger charge is -2.18. The molecule has 0 aliphatic heterocycles. The fraction of sp³-hybridized carbons (Fsp3) is 1.00. The van der Waals surface area contributed by atoms with Crippen molar-refractivity contribution in [2.45, 2.75) is 12.3 Å². The van der Waals surface area contributed by atoms with Crippen molar-refractivity contribution in [3.05, 3.63) is 0 Å². The summed E-state index contributed by atoms with van der Waals surface area (Å²) < 4.78 is 4.81. The molecule has 0 aromatic carbocycles. The van der Waals surface area contributed by atoms with Crippen molar-refractivity contribution in [2.75, 3.05) is 20.7 Å².